The summed E-state index contributed by atoms with van der Waals surface area (Å²) in [5.74, 6) is -0.928. The van der Waals surface area contributed by atoms with Crippen LogP contribution in [0.4, 0.5) is 0 Å². The van der Waals surface area contributed by atoms with Gasteiger partial charge in [-0.1, -0.05) is 59.6 Å². The fourth-order valence-corrected chi connectivity index (χ4v) is 2.27. The smallest absolute Gasteiger partial charge is 0.325 e. The van der Waals surface area contributed by atoms with Gasteiger partial charge in [-0.15, -0.1) is 0 Å². The Balaban J connectivity index is 1.74. The van der Waals surface area contributed by atoms with Crippen LogP contribution in [0.1, 0.15) is 11.1 Å². The molecule has 2 rings (SSSR count). The molecule has 2 aromatic carbocycles. The number of ether oxygens (including phenoxy) is 1. The molecule has 6 heteroatoms. The summed E-state index contributed by atoms with van der Waals surface area (Å²) in [6.45, 7) is -0.201. The monoisotopic (exact) mass is 363 g/mol. The molecular formula is C18H15Cl2NO3. The summed E-state index contributed by atoms with van der Waals surface area (Å²) in [5.41, 5.74) is 1.54. The Hall–Kier alpha value is -2.30. The van der Waals surface area contributed by atoms with Crippen LogP contribution in [0.5, 0.6) is 0 Å². The summed E-state index contributed by atoms with van der Waals surface area (Å²) in [7, 11) is 0. The molecule has 1 N–H and O–H groups in total. The van der Waals surface area contributed by atoms with Crippen LogP contribution in [-0.2, 0) is 20.9 Å². The fourth-order valence-electron chi connectivity index (χ4n) is 1.80. The first-order valence-electron chi connectivity index (χ1n) is 7.15. The lowest BCUT2D eigenvalue weighted by atomic mass is 10.2. The minimum Gasteiger partial charge on any atom is -0.459 e. The molecule has 4 nitrogen and oxygen atoms in total. The van der Waals surface area contributed by atoms with Crippen molar-refractivity contribution >= 4 is 41.2 Å². The normalized spacial score (nSPS) is 10.6. The number of hydrogen-bond donors (Lipinski definition) is 1. The van der Waals surface area contributed by atoms with E-state index in [4.69, 9.17) is 27.9 Å². The maximum absolute atomic E-state index is 11.6. The molecule has 0 aromatic heterocycles. The third-order valence-electron chi connectivity index (χ3n) is 3.04. The highest BCUT2D eigenvalue weighted by Gasteiger charge is 2.07. The minimum absolute atomic E-state index is 0.0184. The van der Waals surface area contributed by atoms with Gasteiger partial charge in [0, 0.05) is 21.7 Å². The Morgan fingerprint density at radius 1 is 1.08 bits per heavy atom. The first-order valence-corrected chi connectivity index (χ1v) is 7.91. The second kappa shape index (κ2) is 9.11. The van der Waals surface area contributed by atoms with Crippen molar-refractivity contribution in [1.82, 2.24) is 5.32 Å². The standard InChI is InChI=1S/C18H15Cl2NO3/c19-15-8-7-14(16(20)10-15)12-24-18(23)11-21-17(22)9-6-13-4-2-1-3-5-13/h1-10H,11-12H2,(H,21,22)/b9-6+. The lowest BCUT2D eigenvalue weighted by Gasteiger charge is -2.07. The minimum atomic E-state index is -0.553. The number of carbonyl (C=O) groups excluding carboxylic acids is 2. The van der Waals surface area contributed by atoms with Crippen LogP contribution in [0.3, 0.4) is 0 Å². The van der Waals surface area contributed by atoms with E-state index in [2.05, 4.69) is 5.32 Å². The molecule has 24 heavy (non-hydrogen) atoms. The third kappa shape index (κ3) is 6.07. The molecule has 0 aliphatic carbocycles. The average molecular weight is 364 g/mol. The molecule has 124 valence electrons. The van der Waals surface area contributed by atoms with E-state index in [9.17, 15) is 9.59 Å². The summed E-state index contributed by atoms with van der Waals surface area (Å²) < 4.78 is 5.06. The number of amides is 1. The maximum atomic E-state index is 11.6. The maximum Gasteiger partial charge on any atom is 0.325 e. The van der Waals surface area contributed by atoms with Gasteiger partial charge in [-0.25, -0.2) is 0 Å². The molecule has 0 atom stereocenters. The third-order valence-corrected chi connectivity index (χ3v) is 3.62. The Kier molecular flexibility index (Phi) is 6.85. The van der Waals surface area contributed by atoms with E-state index in [-0.39, 0.29) is 19.1 Å². The van der Waals surface area contributed by atoms with Crippen molar-refractivity contribution in [2.75, 3.05) is 6.54 Å². The topological polar surface area (TPSA) is 55.4 Å². The first-order chi connectivity index (χ1) is 11.5. The zero-order valence-electron chi connectivity index (χ0n) is 12.7. The van der Waals surface area contributed by atoms with Crippen LogP contribution >= 0.6 is 23.2 Å². The number of hydrogen-bond acceptors (Lipinski definition) is 3. The quantitative estimate of drug-likeness (QED) is 0.626. The summed E-state index contributed by atoms with van der Waals surface area (Å²) in [4.78, 5) is 23.3. The van der Waals surface area contributed by atoms with Gasteiger partial charge in [0.2, 0.25) is 5.91 Å². The molecular weight excluding hydrogens is 349 g/mol. The number of halogens is 2. The lowest BCUT2D eigenvalue weighted by molar-refractivity contribution is -0.144. The molecule has 0 spiro atoms. The highest BCUT2D eigenvalue weighted by Crippen LogP contribution is 2.21. The molecule has 0 bridgehead atoms. The fraction of sp³-hybridized carbons (Fsp3) is 0.111. The van der Waals surface area contributed by atoms with Gasteiger partial charge in [-0.2, -0.15) is 0 Å². The van der Waals surface area contributed by atoms with Gasteiger partial charge >= 0.3 is 5.97 Å². The predicted octanol–water partition coefficient (Wildman–Crippen LogP) is 3.87. The highest BCUT2D eigenvalue weighted by molar-refractivity contribution is 6.35. The number of rotatable bonds is 6. The van der Waals surface area contributed by atoms with Crippen LogP contribution in [0.2, 0.25) is 10.0 Å². The summed E-state index contributed by atoms with van der Waals surface area (Å²) in [6.07, 6.45) is 3.02. The molecule has 0 heterocycles. The van der Waals surface area contributed by atoms with Crippen molar-refractivity contribution in [1.29, 1.82) is 0 Å². The molecule has 0 radical (unpaired) electrons. The van der Waals surface area contributed by atoms with E-state index < -0.39 is 5.97 Å². The Morgan fingerprint density at radius 3 is 2.54 bits per heavy atom. The first kappa shape index (κ1) is 18.0. The van der Waals surface area contributed by atoms with Crippen molar-refractivity contribution < 1.29 is 14.3 Å². The van der Waals surface area contributed by atoms with Gasteiger partial charge in [0.15, 0.2) is 0 Å². The van der Waals surface area contributed by atoms with E-state index in [0.717, 1.165) is 5.56 Å². The van der Waals surface area contributed by atoms with Crippen LogP contribution in [0.15, 0.2) is 54.6 Å². The van der Waals surface area contributed by atoms with Crippen LogP contribution in [-0.4, -0.2) is 18.4 Å². The van der Waals surface area contributed by atoms with Gasteiger partial charge < -0.3 is 10.1 Å². The van der Waals surface area contributed by atoms with Gasteiger partial charge in [0.05, 0.1) is 0 Å². The van der Waals surface area contributed by atoms with Crippen molar-refractivity contribution in [2.24, 2.45) is 0 Å². The van der Waals surface area contributed by atoms with Crippen molar-refractivity contribution in [3.63, 3.8) is 0 Å². The Labute approximate surface area is 150 Å². The second-order valence-corrected chi connectivity index (χ2v) is 5.70. The van der Waals surface area contributed by atoms with Crippen molar-refractivity contribution in [3.8, 4) is 0 Å². The Morgan fingerprint density at radius 2 is 1.83 bits per heavy atom. The zero-order chi connectivity index (χ0) is 17.4. The molecule has 0 fully saturated rings. The number of benzene rings is 2. The SMILES string of the molecule is O=C(/C=C/c1ccccc1)NCC(=O)OCc1ccc(Cl)cc1Cl. The summed E-state index contributed by atoms with van der Waals surface area (Å²) in [6, 6.07) is 14.3. The molecule has 0 aliphatic rings. The van der Waals surface area contributed by atoms with Crippen LogP contribution in [0.25, 0.3) is 6.08 Å². The molecule has 1 amide bonds. The molecule has 0 aliphatic heterocycles. The zero-order valence-corrected chi connectivity index (χ0v) is 14.2. The van der Waals surface area contributed by atoms with E-state index in [1.807, 2.05) is 30.3 Å². The van der Waals surface area contributed by atoms with Crippen LogP contribution in [0, 0.1) is 0 Å². The van der Waals surface area contributed by atoms with Gasteiger partial charge in [0.1, 0.15) is 13.2 Å². The summed E-state index contributed by atoms with van der Waals surface area (Å²) >= 11 is 11.8. The van der Waals surface area contributed by atoms with E-state index in [0.29, 0.717) is 15.6 Å². The predicted molar refractivity (Wildman–Crippen MR) is 94.7 cm³/mol. The molecule has 2 aromatic rings. The van der Waals surface area contributed by atoms with E-state index in [1.54, 1.807) is 24.3 Å². The highest BCUT2D eigenvalue weighted by atomic mass is 35.5. The molecule has 0 saturated carbocycles. The lowest BCUT2D eigenvalue weighted by Crippen LogP contribution is -2.29. The van der Waals surface area contributed by atoms with Crippen LogP contribution < -0.4 is 5.32 Å². The van der Waals surface area contributed by atoms with Gasteiger partial charge in [-0.3, -0.25) is 9.59 Å². The summed E-state index contributed by atoms with van der Waals surface area (Å²) in [5, 5.41) is 3.39. The van der Waals surface area contributed by atoms with Gasteiger partial charge in [0.25, 0.3) is 0 Å². The molecule has 0 saturated heterocycles. The van der Waals surface area contributed by atoms with E-state index in [1.165, 1.54) is 6.08 Å². The number of nitrogens with one attached hydrogen (secondary N) is 1. The second-order valence-electron chi connectivity index (χ2n) is 4.86. The number of carbonyl (C=O) groups is 2. The average Bonchev–Trinajstić information content (AvgIpc) is 2.58. The largest absolute Gasteiger partial charge is 0.459 e. The Bertz CT molecular complexity index is 745. The molecule has 0 unspecified atom stereocenters. The van der Waals surface area contributed by atoms with E-state index >= 15 is 0 Å². The van der Waals surface area contributed by atoms with Crippen molar-refractivity contribution in [2.45, 2.75) is 6.61 Å². The number of esters is 1. The van der Waals surface area contributed by atoms with Gasteiger partial charge in [-0.05, 0) is 23.8 Å². The van der Waals surface area contributed by atoms with Crippen molar-refractivity contribution in [3.05, 3.63) is 75.8 Å².